The van der Waals surface area contributed by atoms with Gasteiger partial charge in [-0.15, -0.1) is 0 Å². The first-order valence-electron chi connectivity index (χ1n) is 5.10. The van der Waals surface area contributed by atoms with Gasteiger partial charge in [-0.25, -0.2) is 0 Å². The summed E-state index contributed by atoms with van der Waals surface area (Å²) in [6, 6.07) is 0. The molecule has 6 nitrogen and oxygen atoms in total. The highest BCUT2D eigenvalue weighted by Crippen LogP contribution is 2.25. The van der Waals surface area contributed by atoms with E-state index in [1.165, 1.54) is 21.3 Å². The molecule has 0 spiro atoms. The van der Waals surface area contributed by atoms with Crippen LogP contribution in [-0.2, 0) is 23.7 Å². The molecule has 0 bridgehead atoms. The summed E-state index contributed by atoms with van der Waals surface area (Å²) in [7, 11) is 6.07. The van der Waals surface area contributed by atoms with Crippen LogP contribution in [0.25, 0.3) is 0 Å². The maximum Gasteiger partial charge on any atom is 0.186 e. The molecule has 1 N–H and O–H groups in total. The summed E-state index contributed by atoms with van der Waals surface area (Å²) in [6.45, 7) is 0.325. The third kappa shape index (κ3) is 2.71. The summed E-state index contributed by atoms with van der Waals surface area (Å²) in [6.07, 6.45) is -2.86. The number of ether oxygens (including phenoxy) is 5. The van der Waals surface area contributed by atoms with Crippen LogP contribution in [0.1, 0.15) is 0 Å². The van der Waals surface area contributed by atoms with E-state index in [1.54, 1.807) is 7.11 Å². The van der Waals surface area contributed by atoms with Crippen molar-refractivity contribution in [2.24, 2.45) is 0 Å². The zero-order valence-corrected chi connectivity index (χ0v) is 10.1. The van der Waals surface area contributed by atoms with Crippen LogP contribution in [0.2, 0.25) is 0 Å². The molecule has 5 atom stereocenters. The summed E-state index contributed by atoms with van der Waals surface area (Å²) >= 11 is 0. The molecule has 0 unspecified atom stereocenters. The molecule has 6 heteroatoms. The third-order valence-corrected chi connectivity index (χ3v) is 2.72. The first-order chi connectivity index (χ1) is 7.69. The zero-order valence-electron chi connectivity index (χ0n) is 10.1. The van der Waals surface area contributed by atoms with Crippen molar-refractivity contribution in [2.45, 2.75) is 30.7 Å². The lowest BCUT2D eigenvalue weighted by Gasteiger charge is -2.42. The lowest BCUT2D eigenvalue weighted by atomic mass is 9.99. The molecular weight excluding hydrogens is 216 g/mol. The number of aliphatic hydroxyl groups excluding tert-OH is 1. The van der Waals surface area contributed by atoms with Gasteiger partial charge in [0, 0.05) is 28.4 Å². The minimum atomic E-state index is -0.811. The first-order valence-corrected chi connectivity index (χ1v) is 5.10. The van der Waals surface area contributed by atoms with Crippen molar-refractivity contribution in [1.29, 1.82) is 0 Å². The Morgan fingerprint density at radius 2 is 1.62 bits per heavy atom. The van der Waals surface area contributed by atoms with Crippen LogP contribution < -0.4 is 0 Å². The highest BCUT2D eigenvalue weighted by molar-refractivity contribution is 4.90. The van der Waals surface area contributed by atoms with Gasteiger partial charge in [-0.1, -0.05) is 0 Å². The maximum atomic E-state index is 10.1. The van der Waals surface area contributed by atoms with Crippen LogP contribution >= 0.6 is 0 Å². The van der Waals surface area contributed by atoms with Crippen LogP contribution in [0.4, 0.5) is 0 Å². The third-order valence-electron chi connectivity index (χ3n) is 2.72. The lowest BCUT2D eigenvalue weighted by Crippen LogP contribution is -2.60. The average molecular weight is 236 g/mol. The Balaban J connectivity index is 2.75. The molecule has 1 fully saturated rings. The van der Waals surface area contributed by atoms with E-state index in [0.29, 0.717) is 6.61 Å². The van der Waals surface area contributed by atoms with Gasteiger partial charge in [-0.05, 0) is 0 Å². The second-order valence-corrected chi connectivity index (χ2v) is 3.63. The topological polar surface area (TPSA) is 66.4 Å². The van der Waals surface area contributed by atoms with Crippen molar-refractivity contribution >= 4 is 0 Å². The molecule has 0 aromatic rings. The van der Waals surface area contributed by atoms with E-state index in [2.05, 4.69) is 0 Å². The fourth-order valence-electron chi connectivity index (χ4n) is 1.92. The molecule has 0 radical (unpaired) electrons. The fourth-order valence-corrected chi connectivity index (χ4v) is 1.92. The Hall–Kier alpha value is -0.240. The van der Waals surface area contributed by atoms with E-state index in [9.17, 15) is 5.11 Å². The van der Waals surface area contributed by atoms with Crippen LogP contribution in [0, 0.1) is 0 Å². The second kappa shape index (κ2) is 6.48. The number of rotatable bonds is 5. The van der Waals surface area contributed by atoms with E-state index in [1.807, 2.05) is 0 Å². The molecule has 1 rings (SSSR count). The van der Waals surface area contributed by atoms with Gasteiger partial charge in [0.2, 0.25) is 0 Å². The quantitative estimate of drug-likeness (QED) is 0.687. The summed E-state index contributed by atoms with van der Waals surface area (Å²) in [5.74, 6) is 0. The molecule has 1 saturated heterocycles. The van der Waals surface area contributed by atoms with Crippen LogP contribution in [-0.4, -0.2) is 70.9 Å². The SMILES string of the molecule is COC[C@H]1O[C@@H](OC)[C@H](OC)[C@@H](O)[C@@H]1OC. The fraction of sp³-hybridized carbons (Fsp3) is 1.00. The van der Waals surface area contributed by atoms with Gasteiger partial charge in [0.1, 0.15) is 24.4 Å². The summed E-state index contributed by atoms with van der Waals surface area (Å²) in [5, 5.41) is 10.1. The molecule has 1 aliphatic rings. The molecule has 0 aromatic carbocycles. The lowest BCUT2D eigenvalue weighted by molar-refractivity contribution is -0.303. The Kier molecular flexibility index (Phi) is 5.60. The molecule has 0 aliphatic carbocycles. The maximum absolute atomic E-state index is 10.1. The van der Waals surface area contributed by atoms with Gasteiger partial charge in [0.25, 0.3) is 0 Å². The molecule has 1 aliphatic heterocycles. The monoisotopic (exact) mass is 236 g/mol. The van der Waals surface area contributed by atoms with Gasteiger partial charge in [0.05, 0.1) is 6.61 Å². The standard InChI is InChI=1S/C10H20O6/c1-12-5-6-8(13-2)7(11)9(14-3)10(15-4)16-6/h6-11H,5H2,1-4H3/t6-,7+,8-,9-,10-/m1/s1. The molecule has 16 heavy (non-hydrogen) atoms. The van der Waals surface area contributed by atoms with Gasteiger partial charge < -0.3 is 28.8 Å². The Morgan fingerprint density at radius 1 is 1.00 bits per heavy atom. The average Bonchev–Trinajstić information content (AvgIpc) is 2.29. The Morgan fingerprint density at radius 3 is 2.06 bits per heavy atom. The minimum Gasteiger partial charge on any atom is -0.387 e. The van der Waals surface area contributed by atoms with Gasteiger partial charge in [0.15, 0.2) is 6.29 Å². The molecular formula is C10H20O6. The van der Waals surface area contributed by atoms with Gasteiger partial charge in [-0.2, -0.15) is 0 Å². The highest BCUT2D eigenvalue weighted by Gasteiger charge is 2.46. The molecule has 1 heterocycles. The normalized spacial score (nSPS) is 39.9. The van der Waals surface area contributed by atoms with E-state index < -0.39 is 24.6 Å². The summed E-state index contributed by atoms with van der Waals surface area (Å²) < 4.78 is 26.1. The first kappa shape index (κ1) is 13.8. The van der Waals surface area contributed by atoms with E-state index >= 15 is 0 Å². The Bertz CT molecular complexity index is 198. The predicted octanol–water partition coefficient (Wildman–Crippen LogP) is -0.605. The van der Waals surface area contributed by atoms with Crippen molar-refractivity contribution in [3.8, 4) is 0 Å². The zero-order chi connectivity index (χ0) is 12.1. The van der Waals surface area contributed by atoms with Crippen molar-refractivity contribution in [3.63, 3.8) is 0 Å². The predicted molar refractivity (Wildman–Crippen MR) is 55.1 cm³/mol. The van der Waals surface area contributed by atoms with Crippen molar-refractivity contribution in [3.05, 3.63) is 0 Å². The van der Waals surface area contributed by atoms with Crippen molar-refractivity contribution in [1.82, 2.24) is 0 Å². The van der Waals surface area contributed by atoms with Crippen LogP contribution in [0.15, 0.2) is 0 Å². The smallest absolute Gasteiger partial charge is 0.186 e. The Labute approximate surface area is 95.4 Å². The number of hydrogen-bond acceptors (Lipinski definition) is 6. The van der Waals surface area contributed by atoms with Crippen molar-refractivity contribution < 1.29 is 28.8 Å². The molecule has 0 aromatic heterocycles. The molecule has 0 saturated carbocycles. The number of hydrogen-bond donors (Lipinski definition) is 1. The minimum absolute atomic E-state index is 0.325. The number of aliphatic hydroxyl groups is 1. The van der Waals surface area contributed by atoms with E-state index in [0.717, 1.165) is 0 Å². The van der Waals surface area contributed by atoms with Crippen molar-refractivity contribution in [2.75, 3.05) is 35.0 Å². The second-order valence-electron chi connectivity index (χ2n) is 3.63. The molecule has 0 amide bonds. The summed E-state index contributed by atoms with van der Waals surface area (Å²) in [4.78, 5) is 0. The van der Waals surface area contributed by atoms with Crippen LogP contribution in [0.3, 0.4) is 0 Å². The largest absolute Gasteiger partial charge is 0.387 e. The summed E-state index contributed by atoms with van der Waals surface area (Å²) in [5.41, 5.74) is 0. The van der Waals surface area contributed by atoms with Crippen LogP contribution in [0.5, 0.6) is 0 Å². The van der Waals surface area contributed by atoms with E-state index in [4.69, 9.17) is 23.7 Å². The highest BCUT2D eigenvalue weighted by atomic mass is 16.7. The van der Waals surface area contributed by atoms with Gasteiger partial charge >= 0.3 is 0 Å². The van der Waals surface area contributed by atoms with Gasteiger partial charge in [-0.3, -0.25) is 0 Å². The van der Waals surface area contributed by atoms with E-state index in [-0.39, 0.29) is 6.10 Å². The molecule has 96 valence electrons. The number of methoxy groups -OCH3 is 4.